The Morgan fingerprint density at radius 1 is 1.11 bits per heavy atom. The van der Waals surface area contributed by atoms with Crippen LogP contribution in [0.4, 0.5) is 18.9 Å². The molecule has 1 aromatic carbocycles. The van der Waals surface area contributed by atoms with E-state index in [-0.39, 0.29) is 21.6 Å². The molecule has 0 spiro atoms. The maximum Gasteiger partial charge on any atom is 0.418 e. The summed E-state index contributed by atoms with van der Waals surface area (Å²) in [7, 11) is 0. The van der Waals surface area contributed by atoms with Gasteiger partial charge in [0.2, 0.25) is 0 Å². The lowest BCUT2D eigenvalue weighted by molar-refractivity contribution is -0.138. The zero-order valence-corrected chi connectivity index (χ0v) is 17.1. The van der Waals surface area contributed by atoms with Crippen molar-refractivity contribution >= 4 is 33.4 Å². The van der Waals surface area contributed by atoms with Crippen LogP contribution >= 0.6 is 15.9 Å². The number of piperidine rings is 1. The number of halogens is 4. The highest BCUT2D eigenvalue weighted by Gasteiger charge is 2.39. The van der Waals surface area contributed by atoms with Crippen molar-refractivity contribution in [3.8, 4) is 0 Å². The van der Waals surface area contributed by atoms with Crippen LogP contribution in [0.25, 0.3) is 0 Å². The molecule has 0 radical (unpaired) electrons. The monoisotopic (exact) mass is 449 g/mol. The van der Waals surface area contributed by atoms with Gasteiger partial charge >= 0.3 is 18.0 Å². The Kier molecular flexibility index (Phi) is 5.96. The molecule has 27 heavy (non-hydrogen) atoms. The van der Waals surface area contributed by atoms with Crippen LogP contribution in [0.2, 0.25) is 0 Å². The molecule has 150 valence electrons. The number of carbonyl (C=O) groups excluding carboxylic acids is 2. The number of nitrogens with one attached hydrogen (secondary N) is 3. The third kappa shape index (κ3) is 5.93. The first kappa shape index (κ1) is 21.7. The topological polar surface area (TPSA) is 70.2 Å². The summed E-state index contributed by atoms with van der Waals surface area (Å²) in [5.74, 6) is -2.08. The molecule has 9 heteroatoms. The maximum absolute atomic E-state index is 13.1. The number of hydrogen-bond acceptors (Lipinski definition) is 3. The van der Waals surface area contributed by atoms with Gasteiger partial charge in [-0.3, -0.25) is 9.59 Å². The number of hydrogen-bond donors (Lipinski definition) is 3. The lowest BCUT2D eigenvalue weighted by Crippen LogP contribution is -2.62. The number of anilines is 1. The van der Waals surface area contributed by atoms with Gasteiger partial charge in [0, 0.05) is 21.6 Å². The summed E-state index contributed by atoms with van der Waals surface area (Å²) >= 11 is 2.97. The van der Waals surface area contributed by atoms with E-state index in [0.717, 1.165) is 12.1 Å². The standard InChI is InChI=1S/C18H23BrF3N3O2/c1-16(2)8-11(9-17(3,4)25-16)23-14(26)15(27)24-13-6-5-10(19)7-12(13)18(20,21)22/h5-7,11,25H,8-9H2,1-4H3,(H,23,26)(H,24,27). The first-order valence-electron chi connectivity index (χ1n) is 8.46. The van der Waals surface area contributed by atoms with Crippen molar-refractivity contribution < 1.29 is 22.8 Å². The van der Waals surface area contributed by atoms with E-state index in [2.05, 4.69) is 31.9 Å². The van der Waals surface area contributed by atoms with E-state index in [1.165, 1.54) is 6.07 Å². The molecule has 1 aliphatic heterocycles. The summed E-state index contributed by atoms with van der Waals surface area (Å²) in [6.45, 7) is 7.96. The molecule has 0 aliphatic carbocycles. The molecule has 0 saturated carbocycles. The highest BCUT2D eigenvalue weighted by Crippen LogP contribution is 2.36. The van der Waals surface area contributed by atoms with Gasteiger partial charge in [-0.15, -0.1) is 0 Å². The summed E-state index contributed by atoms with van der Waals surface area (Å²) in [6.07, 6.45) is -3.46. The Labute approximate surface area is 164 Å². The highest BCUT2D eigenvalue weighted by atomic mass is 79.9. The largest absolute Gasteiger partial charge is 0.418 e. The second kappa shape index (κ2) is 7.43. The van der Waals surface area contributed by atoms with Crippen LogP contribution in [0.15, 0.2) is 22.7 Å². The Bertz CT molecular complexity index is 732. The van der Waals surface area contributed by atoms with Gasteiger partial charge in [0.05, 0.1) is 11.3 Å². The zero-order chi connectivity index (χ0) is 20.6. The predicted molar refractivity (Wildman–Crippen MR) is 100 cm³/mol. The predicted octanol–water partition coefficient (Wildman–Crippen LogP) is 3.83. The molecule has 2 rings (SSSR count). The van der Waals surface area contributed by atoms with Crippen molar-refractivity contribution in [1.29, 1.82) is 0 Å². The van der Waals surface area contributed by atoms with Crippen LogP contribution in [0.1, 0.15) is 46.1 Å². The van der Waals surface area contributed by atoms with Crippen molar-refractivity contribution in [3.63, 3.8) is 0 Å². The van der Waals surface area contributed by atoms with Gasteiger partial charge < -0.3 is 16.0 Å². The Hall–Kier alpha value is -1.61. The van der Waals surface area contributed by atoms with Gasteiger partial charge in [-0.25, -0.2) is 0 Å². The molecular formula is C18H23BrF3N3O2. The average molecular weight is 450 g/mol. The zero-order valence-electron chi connectivity index (χ0n) is 15.6. The molecule has 5 nitrogen and oxygen atoms in total. The third-order valence-electron chi connectivity index (χ3n) is 4.27. The third-order valence-corrected chi connectivity index (χ3v) is 4.76. The summed E-state index contributed by atoms with van der Waals surface area (Å²) in [5, 5.41) is 8.16. The SMILES string of the molecule is CC1(C)CC(NC(=O)C(=O)Nc2ccc(Br)cc2C(F)(F)F)CC(C)(C)N1. The van der Waals surface area contributed by atoms with Crippen LogP contribution < -0.4 is 16.0 Å². The number of carbonyl (C=O) groups is 2. The van der Waals surface area contributed by atoms with E-state index in [1.807, 2.05) is 27.7 Å². The molecule has 1 saturated heterocycles. The lowest BCUT2D eigenvalue weighted by atomic mass is 9.79. The van der Waals surface area contributed by atoms with Gasteiger partial charge in [0.15, 0.2) is 0 Å². The van der Waals surface area contributed by atoms with E-state index in [1.54, 1.807) is 0 Å². The van der Waals surface area contributed by atoms with Gasteiger partial charge in [-0.2, -0.15) is 13.2 Å². The molecule has 0 aromatic heterocycles. The van der Waals surface area contributed by atoms with Gasteiger partial charge in [-0.05, 0) is 58.7 Å². The summed E-state index contributed by atoms with van der Waals surface area (Å²) in [6, 6.07) is 3.06. The van der Waals surface area contributed by atoms with Crippen LogP contribution in [-0.2, 0) is 15.8 Å². The molecule has 1 aromatic rings. The van der Waals surface area contributed by atoms with Crippen molar-refractivity contribution in [3.05, 3.63) is 28.2 Å². The normalized spacial score (nSPS) is 19.4. The smallest absolute Gasteiger partial charge is 0.345 e. The maximum atomic E-state index is 13.1. The van der Waals surface area contributed by atoms with Crippen molar-refractivity contribution in [2.75, 3.05) is 5.32 Å². The summed E-state index contributed by atoms with van der Waals surface area (Å²) in [5.41, 5.74) is -1.98. The van der Waals surface area contributed by atoms with E-state index in [4.69, 9.17) is 0 Å². The molecule has 1 fully saturated rings. The van der Waals surface area contributed by atoms with Crippen molar-refractivity contribution in [2.24, 2.45) is 0 Å². The van der Waals surface area contributed by atoms with E-state index in [0.29, 0.717) is 12.8 Å². The molecule has 0 unspecified atom stereocenters. The molecule has 0 atom stereocenters. The quantitative estimate of drug-likeness (QED) is 0.600. The summed E-state index contributed by atoms with van der Waals surface area (Å²) in [4.78, 5) is 24.4. The lowest BCUT2D eigenvalue weighted by Gasteiger charge is -2.46. The summed E-state index contributed by atoms with van der Waals surface area (Å²) < 4.78 is 39.7. The van der Waals surface area contributed by atoms with Gasteiger partial charge in [0.1, 0.15) is 0 Å². The van der Waals surface area contributed by atoms with Crippen LogP contribution in [0, 0.1) is 0 Å². The van der Waals surface area contributed by atoms with Crippen molar-refractivity contribution in [2.45, 2.75) is 63.8 Å². The second-order valence-electron chi connectivity index (χ2n) is 8.11. The minimum absolute atomic E-state index is 0.219. The van der Waals surface area contributed by atoms with Crippen LogP contribution in [0.5, 0.6) is 0 Å². The second-order valence-corrected chi connectivity index (χ2v) is 9.03. The Morgan fingerprint density at radius 3 is 2.19 bits per heavy atom. The van der Waals surface area contributed by atoms with Crippen LogP contribution in [-0.4, -0.2) is 28.9 Å². The number of benzene rings is 1. The molecule has 1 aliphatic rings. The number of rotatable bonds is 2. The first-order valence-corrected chi connectivity index (χ1v) is 9.26. The van der Waals surface area contributed by atoms with Gasteiger partial charge in [-0.1, -0.05) is 15.9 Å². The average Bonchev–Trinajstić information content (AvgIpc) is 2.44. The fourth-order valence-electron chi connectivity index (χ4n) is 3.71. The molecule has 0 bridgehead atoms. The number of amides is 2. The van der Waals surface area contributed by atoms with E-state index in [9.17, 15) is 22.8 Å². The fourth-order valence-corrected chi connectivity index (χ4v) is 4.08. The minimum Gasteiger partial charge on any atom is -0.345 e. The van der Waals surface area contributed by atoms with Crippen LogP contribution in [0.3, 0.4) is 0 Å². The van der Waals surface area contributed by atoms with E-state index < -0.39 is 29.2 Å². The van der Waals surface area contributed by atoms with Crippen molar-refractivity contribution in [1.82, 2.24) is 10.6 Å². The Balaban J connectivity index is 2.10. The fraction of sp³-hybridized carbons (Fsp3) is 0.556. The first-order chi connectivity index (χ1) is 12.2. The Morgan fingerprint density at radius 2 is 1.67 bits per heavy atom. The molecule has 1 heterocycles. The molecular weight excluding hydrogens is 427 g/mol. The van der Waals surface area contributed by atoms with E-state index >= 15 is 0 Å². The molecule has 2 amide bonds. The van der Waals surface area contributed by atoms with Gasteiger partial charge in [0.25, 0.3) is 0 Å². The number of alkyl halides is 3. The minimum atomic E-state index is -4.66. The molecule has 3 N–H and O–H groups in total. The highest BCUT2D eigenvalue weighted by molar-refractivity contribution is 9.10.